The molecule has 0 aliphatic heterocycles. The summed E-state index contributed by atoms with van der Waals surface area (Å²) >= 11 is 4.73. The minimum Gasteiger partial charge on any atom is -0.305 e. The molecule has 132 valence electrons. The maximum absolute atomic E-state index is 13.1. The molecule has 0 aromatic carbocycles. The molecule has 0 saturated heterocycles. The lowest BCUT2D eigenvalue weighted by Gasteiger charge is -2.16. The van der Waals surface area contributed by atoms with Crippen molar-refractivity contribution in [3.63, 3.8) is 0 Å². The Hall–Kier alpha value is -0.650. The highest BCUT2D eigenvalue weighted by atomic mass is 32.1. The molecular weight excluding hydrogens is 414 g/mol. The van der Waals surface area contributed by atoms with Crippen LogP contribution in [0.2, 0.25) is 0 Å². The number of hydrogen-bond donors (Lipinski definition) is 0. The largest absolute Gasteiger partial charge is 0.363 e. The van der Waals surface area contributed by atoms with Crippen molar-refractivity contribution in [1.29, 1.82) is 0 Å². The second kappa shape index (κ2) is 8.36. The van der Waals surface area contributed by atoms with E-state index in [1.807, 2.05) is 17.5 Å². The lowest BCUT2D eigenvalue weighted by molar-refractivity contribution is 0.230. The Morgan fingerprint density at radius 2 is 1.76 bits per heavy atom. The van der Waals surface area contributed by atoms with Gasteiger partial charge < -0.3 is 9.05 Å². The molecular formula is C16H16O4P2S3. The summed E-state index contributed by atoms with van der Waals surface area (Å²) in [6, 6.07) is 8.16. The van der Waals surface area contributed by atoms with Gasteiger partial charge in [0, 0.05) is 20.0 Å². The molecule has 0 atom stereocenters. The van der Waals surface area contributed by atoms with Crippen molar-refractivity contribution in [2.45, 2.75) is 13.8 Å². The van der Waals surface area contributed by atoms with Crippen LogP contribution in [0.25, 0.3) is 19.5 Å². The Labute approximate surface area is 160 Å². The first-order chi connectivity index (χ1) is 12.1. The maximum Gasteiger partial charge on any atom is 0.363 e. The Balaban J connectivity index is 2.03. The van der Waals surface area contributed by atoms with E-state index < -0.39 is 7.60 Å². The van der Waals surface area contributed by atoms with Crippen LogP contribution in [0.15, 0.2) is 35.0 Å². The quantitative estimate of drug-likeness (QED) is 0.411. The Kier molecular flexibility index (Phi) is 6.39. The number of rotatable bonds is 8. The van der Waals surface area contributed by atoms with Gasteiger partial charge in [0.05, 0.1) is 28.7 Å². The summed E-state index contributed by atoms with van der Waals surface area (Å²) in [5, 5.41) is 4.68. The van der Waals surface area contributed by atoms with Crippen molar-refractivity contribution in [1.82, 2.24) is 0 Å². The van der Waals surface area contributed by atoms with Crippen molar-refractivity contribution in [2.75, 3.05) is 13.2 Å². The van der Waals surface area contributed by atoms with Crippen LogP contribution < -0.4 is 10.6 Å². The summed E-state index contributed by atoms with van der Waals surface area (Å²) in [5.74, 6) is 0. The molecule has 0 spiro atoms. The highest BCUT2D eigenvalue weighted by molar-refractivity contribution is 7.65. The van der Waals surface area contributed by atoms with Gasteiger partial charge >= 0.3 is 7.60 Å². The molecule has 0 N–H and O–H groups in total. The molecule has 0 bridgehead atoms. The molecule has 0 radical (unpaired) electrons. The molecule has 0 amide bonds. The van der Waals surface area contributed by atoms with Gasteiger partial charge in [-0.05, 0) is 37.4 Å². The summed E-state index contributed by atoms with van der Waals surface area (Å²) in [6.07, 6.45) is 0. The predicted octanol–water partition coefficient (Wildman–Crippen LogP) is 6.01. The molecule has 0 aliphatic rings. The lowest BCUT2D eigenvalue weighted by atomic mass is 10.3. The zero-order valence-corrected chi connectivity index (χ0v) is 17.9. The second-order valence-corrected chi connectivity index (χ2v) is 10.4. The van der Waals surface area contributed by atoms with E-state index in [1.165, 1.54) is 16.2 Å². The van der Waals surface area contributed by atoms with E-state index in [9.17, 15) is 9.13 Å². The minimum absolute atomic E-state index is 0.187. The van der Waals surface area contributed by atoms with E-state index in [4.69, 9.17) is 9.05 Å². The summed E-state index contributed by atoms with van der Waals surface area (Å²) in [5.41, 5.74) is 0. The van der Waals surface area contributed by atoms with Crippen LogP contribution in [-0.4, -0.2) is 13.2 Å². The van der Waals surface area contributed by atoms with E-state index in [0.29, 0.717) is 10.6 Å². The van der Waals surface area contributed by atoms with Gasteiger partial charge in [-0.2, -0.15) is 0 Å². The van der Waals surface area contributed by atoms with Crippen LogP contribution in [0.1, 0.15) is 13.8 Å². The van der Waals surface area contributed by atoms with Crippen LogP contribution in [0.5, 0.6) is 0 Å². The van der Waals surface area contributed by atoms with Gasteiger partial charge in [-0.3, -0.25) is 9.13 Å². The minimum atomic E-state index is -3.46. The third-order valence-corrected chi connectivity index (χ3v) is 9.92. The maximum atomic E-state index is 13.1. The van der Waals surface area contributed by atoms with E-state index in [1.54, 1.807) is 41.9 Å². The Bertz CT molecular complexity index is 889. The van der Waals surface area contributed by atoms with Crippen LogP contribution in [0, 0.1) is 0 Å². The number of hydrogen-bond acceptors (Lipinski definition) is 7. The summed E-state index contributed by atoms with van der Waals surface area (Å²) < 4.78 is 35.7. The lowest BCUT2D eigenvalue weighted by Crippen LogP contribution is -2.20. The van der Waals surface area contributed by atoms with Gasteiger partial charge in [0.2, 0.25) is 0 Å². The monoisotopic (exact) mass is 430 g/mol. The smallest absolute Gasteiger partial charge is 0.305 e. The Morgan fingerprint density at radius 3 is 2.36 bits per heavy atom. The number of thiophene rings is 3. The summed E-state index contributed by atoms with van der Waals surface area (Å²) in [6.45, 7) is 4.05. The van der Waals surface area contributed by atoms with E-state index >= 15 is 0 Å². The highest BCUT2D eigenvalue weighted by Gasteiger charge is 2.33. The summed E-state index contributed by atoms with van der Waals surface area (Å²) in [4.78, 5) is 4.20. The van der Waals surface area contributed by atoms with Crippen molar-refractivity contribution >= 4 is 60.7 Å². The Morgan fingerprint density at radius 1 is 1.04 bits per heavy atom. The first-order valence-electron chi connectivity index (χ1n) is 7.61. The van der Waals surface area contributed by atoms with Crippen LogP contribution in [0.3, 0.4) is 0 Å². The molecule has 25 heavy (non-hydrogen) atoms. The van der Waals surface area contributed by atoms with Crippen molar-refractivity contribution in [3.8, 4) is 19.5 Å². The first-order valence-corrected chi connectivity index (χ1v) is 12.5. The molecule has 3 heterocycles. The topological polar surface area (TPSA) is 52.6 Å². The highest BCUT2D eigenvalue weighted by Crippen LogP contribution is 2.49. The van der Waals surface area contributed by atoms with Gasteiger partial charge in [-0.1, -0.05) is 6.07 Å². The molecule has 3 aromatic rings. The third-order valence-electron chi connectivity index (χ3n) is 3.32. The predicted molar refractivity (Wildman–Crippen MR) is 109 cm³/mol. The van der Waals surface area contributed by atoms with Gasteiger partial charge in [0.1, 0.15) is 0 Å². The van der Waals surface area contributed by atoms with Gasteiger partial charge in [-0.15, -0.1) is 34.0 Å². The molecule has 0 aliphatic carbocycles. The molecule has 3 rings (SSSR count). The van der Waals surface area contributed by atoms with Crippen molar-refractivity contribution < 1.29 is 18.2 Å². The van der Waals surface area contributed by atoms with Crippen LogP contribution in [0.4, 0.5) is 0 Å². The normalized spacial score (nSPS) is 12.1. The van der Waals surface area contributed by atoms with Crippen molar-refractivity contribution in [2.24, 2.45) is 0 Å². The fourth-order valence-electron chi connectivity index (χ4n) is 2.33. The van der Waals surface area contributed by atoms with E-state index in [0.717, 1.165) is 14.6 Å². The van der Waals surface area contributed by atoms with Gasteiger partial charge in [-0.25, -0.2) is 0 Å². The van der Waals surface area contributed by atoms with Crippen molar-refractivity contribution in [3.05, 3.63) is 35.0 Å². The van der Waals surface area contributed by atoms with Gasteiger partial charge in [0.25, 0.3) is 0 Å². The second-order valence-electron chi connectivity index (χ2n) is 4.86. The van der Waals surface area contributed by atoms with E-state index in [-0.39, 0.29) is 21.7 Å². The fourth-order valence-corrected chi connectivity index (χ4v) is 8.57. The molecule has 0 fully saturated rings. The first kappa shape index (κ1) is 19.1. The molecule has 9 heteroatoms. The summed E-state index contributed by atoms with van der Waals surface area (Å²) in [7, 11) is -3.64. The average Bonchev–Trinajstić information content (AvgIpc) is 3.33. The fraction of sp³-hybridized carbons (Fsp3) is 0.250. The average molecular weight is 430 g/mol. The zero-order valence-electron chi connectivity index (χ0n) is 13.6. The van der Waals surface area contributed by atoms with Crippen LogP contribution >= 0.6 is 50.1 Å². The zero-order chi connectivity index (χ0) is 17.9. The van der Waals surface area contributed by atoms with E-state index in [2.05, 4.69) is 12.1 Å². The SMILES string of the molecule is CCOP(=O)(OCC)c1csc(-c2ccc(-c3cccs3)s2)c1P=O. The third kappa shape index (κ3) is 3.88. The molecule has 0 unspecified atom stereocenters. The standard InChI is InChI=1S/C16H16O4P2S3/c1-3-19-22(18,20-4-2)11-10-24-16(15(11)21-17)14-8-7-13(25-14)12-6-5-9-23-12/h5-10H,3-4H2,1-2H3. The van der Waals surface area contributed by atoms with Crippen LogP contribution in [-0.2, 0) is 18.2 Å². The molecule has 4 nitrogen and oxygen atoms in total. The molecule has 0 saturated carbocycles. The molecule has 3 aromatic heterocycles. The van der Waals surface area contributed by atoms with Gasteiger partial charge in [0.15, 0.2) is 8.46 Å².